The van der Waals surface area contributed by atoms with Gasteiger partial charge in [0.05, 0.1) is 16.9 Å². The molecule has 1 N–H and O–H groups in total. The lowest BCUT2D eigenvalue weighted by Crippen LogP contribution is -2.35. The SMILES string of the molecule is CCCCC[C@@H]1[C@@H]([C@H](O)c2ccccc2)N1S(=O)(=O)C(C)(C)C. The van der Waals surface area contributed by atoms with Gasteiger partial charge in [0.15, 0.2) is 0 Å². The maximum Gasteiger partial charge on any atom is 0.219 e. The summed E-state index contributed by atoms with van der Waals surface area (Å²) >= 11 is 0. The van der Waals surface area contributed by atoms with E-state index in [1.54, 1.807) is 25.1 Å². The molecule has 0 radical (unpaired) electrons. The van der Waals surface area contributed by atoms with Gasteiger partial charge in [0.25, 0.3) is 0 Å². The van der Waals surface area contributed by atoms with Crippen LogP contribution in [0.5, 0.6) is 0 Å². The van der Waals surface area contributed by atoms with Gasteiger partial charge >= 0.3 is 0 Å². The molecule has 0 spiro atoms. The van der Waals surface area contributed by atoms with Crippen LogP contribution in [0.25, 0.3) is 0 Å². The van der Waals surface area contributed by atoms with E-state index in [-0.39, 0.29) is 12.1 Å². The van der Waals surface area contributed by atoms with Crippen LogP contribution < -0.4 is 0 Å². The number of hydrogen-bond acceptors (Lipinski definition) is 3. The molecular weight excluding hydrogens is 310 g/mol. The van der Waals surface area contributed by atoms with Crippen LogP contribution in [0.3, 0.4) is 0 Å². The molecule has 130 valence electrons. The number of aliphatic hydroxyl groups excluding tert-OH is 1. The van der Waals surface area contributed by atoms with Crippen LogP contribution in [0.4, 0.5) is 0 Å². The Kier molecular flexibility index (Phi) is 5.54. The van der Waals surface area contributed by atoms with Crippen LogP contribution in [0.15, 0.2) is 30.3 Å². The highest BCUT2D eigenvalue weighted by atomic mass is 32.2. The van der Waals surface area contributed by atoms with E-state index in [1.807, 2.05) is 30.3 Å². The second-order valence-corrected chi connectivity index (χ2v) is 9.95. The van der Waals surface area contributed by atoms with Crippen molar-refractivity contribution in [1.29, 1.82) is 0 Å². The van der Waals surface area contributed by atoms with Gasteiger partial charge in [0.2, 0.25) is 10.0 Å². The average molecular weight is 340 g/mol. The Hall–Kier alpha value is -0.910. The Labute approximate surface area is 140 Å². The monoisotopic (exact) mass is 339 g/mol. The average Bonchev–Trinajstić information content (AvgIpc) is 3.21. The first-order chi connectivity index (χ1) is 10.7. The third-order valence-corrected chi connectivity index (χ3v) is 7.16. The van der Waals surface area contributed by atoms with Crippen LogP contribution in [0.2, 0.25) is 0 Å². The normalized spacial score (nSPS) is 26.0. The lowest BCUT2D eigenvalue weighted by Gasteiger charge is -2.21. The Morgan fingerprint density at radius 1 is 1.17 bits per heavy atom. The van der Waals surface area contributed by atoms with Crippen LogP contribution in [-0.2, 0) is 10.0 Å². The van der Waals surface area contributed by atoms with Gasteiger partial charge in [-0.15, -0.1) is 0 Å². The number of aliphatic hydroxyl groups is 1. The van der Waals surface area contributed by atoms with Crippen LogP contribution in [0.1, 0.15) is 65.0 Å². The van der Waals surface area contributed by atoms with E-state index in [0.717, 1.165) is 31.2 Å². The van der Waals surface area contributed by atoms with Crippen molar-refractivity contribution in [2.45, 2.75) is 76.3 Å². The summed E-state index contributed by atoms with van der Waals surface area (Å²) in [7, 11) is -3.42. The second kappa shape index (κ2) is 6.91. The molecule has 1 aromatic carbocycles. The van der Waals surface area contributed by atoms with Crippen LogP contribution in [0, 0.1) is 0 Å². The zero-order chi connectivity index (χ0) is 17.3. The fraction of sp³-hybridized carbons (Fsp3) is 0.667. The fourth-order valence-electron chi connectivity index (χ4n) is 3.03. The van der Waals surface area contributed by atoms with Crippen LogP contribution >= 0.6 is 0 Å². The van der Waals surface area contributed by atoms with Crippen molar-refractivity contribution in [2.75, 3.05) is 0 Å². The summed E-state index contributed by atoms with van der Waals surface area (Å²) in [4.78, 5) is 0. The van der Waals surface area contributed by atoms with Crippen molar-refractivity contribution in [2.24, 2.45) is 0 Å². The molecule has 5 heteroatoms. The highest BCUT2D eigenvalue weighted by molar-refractivity contribution is 7.90. The fourth-order valence-corrected chi connectivity index (χ4v) is 4.77. The topological polar surface area (TPSA) is 57.4 Å². The molecule has 23 heavy (non-hydrogen) atoms. The minimum absolute atomic E-state index is 0.0824. The Balaban J connectivity index is 2.21. The first kappa shape index (κ1) is 18.4. The summed E-state index contributed by atoms with van der Waals surface area (Å²) < 4.78 is 26.3. The summed E-state index contributed by atoms with van der Waals surface area (Å²) in [6.07, 6.45) is 3.24. The summed E-state index contributed by atoms with van der Waals surface area (Å²) in [6.45, 7) is 7.29. The lowest BCUT2D eigenvalue weighted by atomic mass is 10.0. The number of benzene rings is 1. The van der Waals surface area contributed by atoms with E-state index in [1.165, 1.54) is 0 Å². The summed E-state index contributed by atoms with van der Waals surface area (Å²) in [6, 6.07) is 8.93. The van der Waals surface area contributed by atoms with Gasteiger partial charge in [-0.05, 0) is 32.8 Å². The minimum Gasteiger partial charge on any atom is -0.387 e. The number of rotatable bonds is 7. The van der Waals surface area contributed by atoms with Crippen molar-refractivity contribution in [3.8, 4) is 0 Å². The Morgan fingerprint density at radius 3 is 2.30 bits per heavy atom. The maximum atomic E-state index is 12.8. The highest BCUT2D eigenvalue weighted by Crippen LogP contribution is 2.46. The van der Waals surface area contributed by atoms with Crippen LogP contribution in [-0.4, -0.2) is 34.7 Å². The minimum atomic E-state index is -3.42. The standard InChI is InChI=1S/C18H29NO3S/c1-5-6-8-13-15-16(17(20)14-11-9-7-10-12-14)19(15)23(21,22)18(2,3)4/h7,9-12,15-17,20H,5-6,8,13H2,1-4H3/t15-,16+,17-,19?/m1/s1. The molecular formula is C18H29NO3S. The first-order valence-electron chi connectivity index (χ1n) is 8.48. The van der Waals surface area contributed by atoms with E-state index in [4.69, 9.17) is 0 Å². The van der Waals surface area contributed by atoms with Crippen molar-refractivity contribution < 1.29 is 13.5 Å². The number of unbranched alkanes of at least 4 members (excludes halogenated alkanes) is 2. The molecule has 1 fully saturated rings. The summed E-state index contributed by atoms with van der Waals surface area (Å²) in [5, 5.41) is 10.7. The van der Waals surface area contributed by atoms with Gasteiger partial charge in [-0.25, -0.2) is 8.42 Å². The molecule has 0 amide bonds. The molecule has 1 aliphatic heterocycles. The molecule has 1 saturated heterocycles. The zero-order valence-electron chi connectivity index (χ0n) is 14.6. The predicted octanol–water partition coefficient (Wildman–Crippen LogP) is 3.48. The lowest BCUT2D eigenvalue weighted by molar-refractivity contribution is 0.166. The number of sulfonamides is 1. The Bertz CT molecular complexity index is 607. The third-order valence-electron chi connectivity index (χ3n) is 4.54. The smallest absolute Gasteiger partial charge is 0.219 e. The molecule has 1 unspecified atom stereocenters. The molecule has 0 aliphatic carbocycles. The van der Waals surface area contributed by atoms with Gasteiger partial charge in [-0.1, -0.05) is 56.5 Å². The van der Waals surface area contributed by atoms with E-state index < -0.39 is 20.9 Å². The van der Waals surface area contributed by atoms with E-state index >= 15 is 0 Å². The van der Waals surface area contributed by atoms with Gasteiger partial charge in [-0.3, -0.25) is 0 Å². The van der Waals surface area contributed by atoms with E-state index in [0.29, 0.717) is 0 Å². The molecule has 0 bridgehead atoms. The molecule has 4 atom stereocenters. The molecule has 2 rings (SSSR count). The zero-order valence-corrected chi connectivity index (χ0v) is 15.4. The van der Waals surface area contributed by atoms with Gasteiger partial charge in [-0.2, -0.15) is 4.31 Å². The van der Waals surface area contributed by atoms with E-state index in [2.05, 4.69) is 6.92 Å². The van der Waals surface area contributed by atoms with Gasteiger partial charge in [0, 0.05) is 6.04 Å². The number of nitrogens with zero attached hydrogens (tertiary/aromatic N) is 1. The molecule has 1 heterocycles. The molecule has 0 saturated carbocycles. The molecule has 0 aromatic heterocycles. The number of hydrogen-bond donors (Lipinski definition) is 1. The van der Waals surface area contributed by atoms with Crippen molar-refractivity contribution in [3.63, 3.8) is 0 Å². The Morgan fingerprint density at radius 2 is 1.78 bits per heavy atom. The maximum absolute atomic E-state index is 12.8. The third kappa shape index (κ3) is 3.78. The van der Waals surface area contributed by atoms with Gasteiger partial charge < -0.3 is 5.11 Å². The van der Waals surface area contributed by atoms with Crippen molar-refractivity contribution >= 4 is 10.0 Å². The van der Waals surface area contributed by atoms with E-state index in [9.17, 15) is 13.5 Å². The predicted molar refractivity (Wildman–Crippen MR) is 93.6 cm³/mol. The summed E-state index contributed by atoms with van der Waals surface area (Å²) in [5.41, 5.74) is 0.782. The largest absolute Gasteiger partial charge is 0.387 e. The van der Waals surface area contributed by atoms with Crippen molar-refractivity contribution in [1.82, 2.24) is 4.31 Å². The molecule has 4 nitrogen and oxygen atoms in total. The summed E-state index contributed by atoms with van der Waals surface area (Å²) in [5.74, 6) is 0. The van der Waals surface area contributed by atoms with Crippen molar-refractivity contribution in [3.05, 3.63) is 35.9 Å². The quantitative estimate of drug-likeness (QED) is 0.611. The highest BCUT2D eigenvalue weighted by Gasteiger charge is 2.60. The van der Waals surface area contributed by atoms with Gasteiger partial charge in [0.1, 0.15) is 0 Å². The first-order valence-corrected chi connectivity index (χ1v) is 9.92. The molecule has 1 aromatic rings. The second-order valence-electron chi connectivity index (χ2n) is 7.36. The molecule has 1 aliphatic rings.